The van der Waals surface area contributed by atoms with Crippen LogP contribution in [0.5, 0.6) is 0 Å². The SMILES string of the molecule is CSCC[C@H](NC1CC1)C(=O)Nc1cc(Br)c(F)cc1F. The highest BCUT2D eigenvalue weighted by Gasteiger charge is 2.28. The number of rotatable bonds is 7. The fraction of sp³-hybridized carbons (Fsp3) is 0.500. The molecule has 0 aliphatic heterocycles. The van der Waals surface area contributed by atoms with Crippen LogP contribution in [0.15, 0.2) is 16.6 Å². The summed E-state index contributed by atoms with van der Waals surface area (Å²) in [4.78, 5) is 12.3. The first-order chi connectivity index (χ1) is 10.0. The molecule has 0 bridgehead atoms. The van der Waals surface area contributed by atoms with Crippen molar-refractivity contribution >= 4 is 39.3 Å². The molecule has 7 heteroatoms. The minimum Gasteiger partial charge on any atom is -0.322 e. The van der Waals surface area contributed by atoms with E-state index in [1.165, 1.54) is 6.07 Å². The van der Waals surface area contributed by atoms with Crippen LogP contribution in [0.3, 0.4) is 0 Å². The van der Waals surface area contributed by atoms with Gasteiger partial charge in [0.25, 0.3) is 0 Å². The van der Waals surface area contributed by atoms with Crippen LogP contribution in [-0.4, -0.2) is 30.0 Å². The van der Waals surface area contributed by atoms with E-state index in [1.54, 1.807) is 11.8 Å². The number of nitrogens with one attached hydrogen (secondary N) is 2. The second-order valence-corrected chi connectivity index (χ2v) is 6.85. The molecule has 1 fully saturated rings. The summed E-state index contributed by atoms with van der Waals surface area (Å²) in [5.74, 6) is -0.916. The summed E-state index contributed by atoms with van der Waals surface area (Å²) in [5.41, 5.74) is -0.0139. The normalized spacial score (nSPS) is 15.8. The van der Waals surface area contributed by atoms with Gasteiger partial charge < -0.3 is 10.6 Å². The molecule has 1 aromatic rings. The maximum Gasteiger partial charge on any atom is 0.241 e. The topological polar surface area (TPSA) is 41.1 Å². The van der Waals surface area contributed by atoms with Gasteiger partial charge in [-0.25, -0.2) is 8.78 Å². The van der Waals surface area contributed by atoms with Crippen molar-refractivity contribution < 1.29 is 13.6 Å². The Morgan fingerprint density at radius 3 is 2.76 bits per heavy atom. The smallest absolute Gasteiger partial charge is 0.241 e. The molecule has 1 aliphatic carbocycles. The van der Waals surface area contributed by atoms with Gasteiger partial charge in [-0.1, -0.05) is 0 Å². The second kappa shape index (κ2) is 7.56. The van der Waals surface area contributed by atoms with Crippen LogP contribution in [0.1, 0.15) is 19.3 Å². The third kappa shape index (κ3) is 4.93. The van der Waals surface area contributed by atoms with Gasteiger partial charge in [0.15, 0.2) is 0 Å². The first-order valence-electron chi connectivity index (χ1n) is 6.71. The van der Waals surface area contributed by atoms with Crippen molar-refractivity contribution in [2.45, 2.75) is 31.3 Å². The van der Waals surface area contributed by atoms with Crippen molar-refractivity contribution in [3.05, 3.63) is 28.2 Å². The van der Waals surface area contributed by atoms with E-state index < -0.39 is 11.6 Å². The number of carbonyl (C=O) groups is 1. The second-order valence-electron chi connectivity index (χ2n) is 5.01. The molecule has 2 rings (SSSR count). The summed E-state index contributed by atoms with van der Waals surface area (Å²) in [7, 11) is 0. The van der Waals surface area contributed by atoms with E-state index in [9.17, 15) is 13.6 Å². The van der Waals surface area contributed by atoms with E-state index >= 15 is 0 Å². The van der Waals surface area contributed by atoms with Gasteiger partial charge in [-0.3, -0.25) is 4.79 Å². The zero-order chi connectivity index (χ0) is 15.4. The zero-order valence-corrected chi connectivity index (χ0v) is 14.0. The summed E-state index contributed by atoms with van der Waals surface area (Å²) in [5, 5.41) is 5.80. The quantitative estimate of drug-likeness (QED) is 0.713. The van der Waals surface area contributed by atoms with Gasteiger partial charge in [0.1, 0.15) is 11.6 Å². The van der Waals surface area contributed by atoms with Gasteiger partial charge in [-0.15, -0.1) is 0 Å². The summed E-state index contributed by atoms with van der Waals surface area (Å²) in [6, 6.07) is 2.02. The van der Waals surface area contributed by atoms with Crippen molar-refractivity contribution in [2.24, 2.45) is 0 Å². The lowest BCUT2D eigenvalue weighted by Crippen LogP contribution is -2.42. The van der Waals surface area contributed by atoms with Crippen molar-refractivity contribution in [3.63, 3.8) is 0 Å². The first-order valence-corrected chi connectivity index (χ1v) is 8.90. The van der Waals surface area contributed by atoms with E-state index in [1.807, 2.05) is 6.26 Å². The molecule has 0 saturated heterocycles. The van der Waals surface area contributed by atoms with E-state index in [4.69, 9.17) is 0 Å². The highest BCUT2D eigenvalue weighted by Crippen LogP contribution is 2.25. The van der Waals surface area contributed by atoms with Gasteiger partial charge in [-0.2, -0.15) is 11.8 Å². The van der Waals surface area contributed by atoms with Gasteiger partial charge >= 0.3 is 0 Å². The molecule has 1 atom stereocenters. The third-order valence-electron chi connectivity index (χ3n) is 3.21. The molecule has 1 aromatic carbocycles. The molecule has 0 unspecified atom stereocenters. The Kier molecular flexibility index (Phi) is 6.01. The first kappa shape index (κ1) is 16.7. The standard InChI is InChI=1S/C14H17BrF2N2OS/c1-21-5-4-12(18-8-2-3-8)14(20)19-13-6-9(15)10(16)7-11(13)17/h6-8,12,18H,2-5H2,1H3,(H,19,20)/t12-/m0/s1. The van der Waals surface area contributed by atoms with Crippen molar-refractivity contribution in [3.8, 4) is 0 Å². The largest absolute Gasteiger partial charge is 0.322 e. The summed E-state index contributed by atoms with van der Waals surface area (Å²) in [6.07, 6.45) is 4.79. The van der Waals surface area contributed by atoms with E-state index in [-0.39, 0.29) is 22.1 Å². The molecule has 1 aliphatic rings. The van der Waals surface area contributed by atoms with Crippen LogP contribution in [0.25, 0.3) is 0 Å². The number of hydrogen-bond donors (Lipinski definition) is 2. The van der Waals surface area contributed by atoms with Crippen LogP contribution in [0.2, 0.25) is 0 Å². The fourth-order valence-corrected chi connectivity index (χ4v) is 2.71. The predicted molar refractivity (Wildman–Crippen MR) is 85.6 cm³/mol. The molecule has 0 heterocycles. The van der Waals surface area contributed by atoms with Crippen molar-refractivity contribution in [2.75, 3.05) is 17.3 Å². The maximum atomic E-state index is 13.7. The molecule has 0 aromatic heterocycles. The molecule has 0 spiro atoms. The molecule has 1 saturated carbocycles. The Hall–Kier alpha value is -0.660. The van der Waals surface area contributed by atoms with Crippen LogP contribution in [0, 0.1) is 11.6 Å². The number of thioether (sulfide) groups is 1. The molecule has 21 heavy (non-hydrogen) atoms. The molecule has 3 nitrogen and oxygen atoms in total. The average molecular weight is 379 g/mol. The number of carbonyl (C=O) groups excluding carboxylic acids is 1. The van der Waals surface area contributed by atoms with Gasteiger partial charge in [0, 0.05) is 12.1 Å². The predicted octanol–water partition coefficient (Wildman–Crippen LogP) is 3.54. The minimum absolute atomic E-state index is 0.0139. The van der Waals surface area contributed by atoms with Gasteiger partial charge in [0.2, 0.25) is 5.91 Å². The molecular formula is C14H17BrF2N2OS. The Morgan fingerprint density at radius 2 is 2.14 bits per heavy atom. The highest BCUT2D eigenvalue weighted by molar-refractivity contribution is 9.10. The van der Waals surface area contributed by atoms with Gasteiger partial charge in [-0.05, 0) is 53.3 Å². The van der Waals surface area contributed by atoms with Crippen LogP contribution >= 0.6 is 27.7 Å². The zero-order valence-electron chi connectivity index (χ0n) is 11.6. The molecular weight excluding hydrogens is 362 g/mol. The summed E-state index contributed by atoms with van der Waals surface area (Å²) >= 11 is 4.65. The van der Waals surface area contributed by atoms with E-state index in [0.29, 0.717) is 12.5 Å². The number of amides is 1. The molecule has 2 N–H and O–H groups in total. The number of hydrogen-bond acceptors (Lipinski definition) is 3. The lowest BCUT2D eigenvalue weighted by molar-refractivity contribution is -0.118. The average Bonchev–Trinajstić information content (AvgIpc) is 3.24. The number of benzene rings is 1. The van der Waals surface area contributed by atoms with Crippen LogP contribution < -0.4 is 10.6 Å². The number of anilines is 1. The molecule has 0 radical (unpaired) electrons. The number of halogens is 3. The lowest BCUT2D eigenvalue weighted by Gasteiger charge is -2.18. The van der Waals surface area contributed by atoms with E-state index in [2.05, 4.69) is 26.6 Å². The van der Waals surface area contributed by atoms with E-state index in [0.717, 1.165) is 24.7 Å². The van der Waals surface area contributed by atoms with Crippen molar-refractivity contribution in [1.29, 1.82) is 0 Å². The monoisotopic (exact) mass is 378 g/mol. The minimum atomic E-state index is -0.779. The Labute approximate surface area is 135 Å². The molecule has 1 amide bonds. The van der Waals surface area contributed by atoms with Crippen LogP contribution in [0.4, 0.5) is 14.5 Å². The lowest BCUT2D eigenvalue weighted by atomic mass is 10.2. The third-order valence-corrected chi connectivity index (χ3v) is 4.46. The Morgan fingerprint density at radius 1 is 1.43 bits per heavy atom. The van der Waals surface area contributed by atoms with Gasteiger partial charge in [0.05, 0.1) is 16.2 Å². The Balaban J connectivity index is 2.04. The summed E-state index contributed by atoms with van der Waals surface area (Å²) < 4.78 is 27.0. The van der Waals surface area contributed by atoms with Crippen LogP contribution in [-0.2, 0) is 4.79 Å². The Bertz CT molecular complexity index is 526. The molecule has 116 valence electrons. The van der Waals surface area contributed by atoms with Crippen molar-refractivity contribution in [1.82, 2.24) is 5.32 Å². The summed E-state index contributed by atoms with van der Waals surface area (Å²) in [6.45, 7) is 0. The maximum absolute atomic E-state index is 13.7. The fourth-order valence-electron chi connectivity index (χ4n) is 1.90. The highest BCUT2D eigenvalue weighted by atomic mass is 79.9.